The molecule has 0 aliphatic rings. The van der Waals surface area contributed by atoms with E-state index in [0.29, 0.717) is 22.6 Å². The average Bonchev–Trinajstić information content (AvgIpc) is 2.82. The molecule has 2 aromatic rings. The predicted octanol–water partition coefficient (Wildman–Crippen LogP) is 2.17. The molecule has 7 nitrogen and oxygen atoms in total. The number of para-hydroxylation sites is 1. The van der Waals surface area contributed by atoms with Gasteiger partial charge in [-0.25, -0.2) is 9.07 Å². The van der Waals surface area contributed by atoms with Gasteiger partial charge in [0.15, 0.2) is 0 Å². The van der Waals surface area contributed by atoms with E-state index in [9.17, 15) is 14.0 Å². The largest absolute Gasteiger partial charge is 0.481 e. The normalized spacial score (nSPS) is 13.2. The van der Waals surface area contributed by atoms with Gasteiger partial charge < -0.3 is 15.2 Å². The Morgan fingerprint density at radius 2 is 2.00 bits per heavy atom. The molecule has 146 valence electrons. The molecule has 0 aliphatic carbocycles. The van der Waals surface area contributed by atoms with E-state index in [1.54, 1.807) is 39.0 Å². The minimum atomic E-state index is -1.03. The van der Waals surface area contributed by atoms with E-state index in [0.717, 1.165) is 0 Å². The predicted molar refractivity (Wildman–Crippen MR) is 97.4 cm³/mol. The Hall–Kier alpha value is -2.74. The van der Waals surface area contributed by atoms with Crippen molar-refractivity contribution in [1.82, 2.24) is 15.1 Å². The molecular weight excluding hydrogens is 353 g/mol. The summed E-state index contributed by atoms with van der Waals surface area (Å²) in [6.45, 7) is 5.20. The molecule has 2 rings (SSSR count). The fourth-order valence-corrected chi connectivity index (χ4v) is 3.11. The van der Waals surface area contributed by atoms with Gasteiger partial charge in [-0.1, -0.05) is 12.1 Å². The van der Waals surface area contributed by atoms with Crippen LogP contribution in [-0.2, 0) is 20.7 Å². The minimum Gasteiger partial charge on any atom is -0.481 e. The fraction of sp³-hybridized carbons (Fsp3) is 0.421. The highest BCUT2D eigenvalue weighted by molar-refractivity contribution is 5.81. The van der Waals surface area contributed by atoms with E-state index in [1.807, 2.05) is 0 Å². The summed E-state index contributed by atoms with van der Waals surface area (Å²) in [5, 5.41) is 16.2. The van der Waals surface area contributed by atoms with E-state index >= 15 is 0 Å². The average molecular weight is 377 g/mol. The lowest BCUT2D eigenvalue weighted by atomic mass is 9.98. The van der Waals surface area contributed by atoms with Crippen LogP contribution in [0.2, 0.25) is 0 Å². The van der Waals surface area contributed by atoms with Crippen molar-refractivity contribution >= 4 is 11.9 Å². The number of carboxylic acids is 1. The summed E-state index contributed by atoms with van der Waals surface area (Å²) in [6, 6.07) is 6.27. The van der Waals surface area contributed by atoms with Gasteiger partial charge in [0, 0.05) is 18.4 Å². The van der Waals surface area contributed by atoms with Crippen LogP contribution in [0.1, 0.15) is 30.3 Å². The SMILES string of the molecule is COCC(C)(CC(=O)O)NC(=O)Cc1c(C)nn(-c2ccccc2F)c1C. The third-order valence-corrected chi connectivity index (χ3v) is 4.30. The van der Waals surface area contributed by atoms with Crippen molar-refractivity contribution in [3.63, 3.8) is 0 Å². The Kier molecular flexibility index (Phi) is 6.32. The number of aromatic nitrogens is 2. The first-order valence-electron chi connectivity index (χ1n) is 8.48. The zero-order chi connectivity index (χ0) is 20.2. The van der Waals surface area contributed by atoms with E-state index in [2.05, 4.69) is 10.4 Å². The summed E-state index contributed by atoms with van der Waals surface area (Å²) in [7, 11) is 1.44. The number of nitrogens with zero attached hydrogens (tertiary/aromatic N) is 2. The van der Waals surface area contributed by atoms with Crippen molar-refractivity contribution < 1.29 is 23.8 Å². The first kappa shape index (κ1) is 20.6. The van der Waals surface area contributed by atoms with Crippen molar-refractivity contribution in [2.45, 2.75) is 39.2 Å². The van der Waals surface area contributed by atoms with Gasteiger partial charge in [0.2, 0.25) is 5.91 Å². The number of benzene rings is 1. The highest BCUT2D eigenvalue weighted by atomic mass is 19.1. The lowest BCUT2D eigenvalue weighted by molar-refractivity contribution is -0.139. The van der Waals surface area contributed by atoms with Gasteiger partial charge in [-0.15, -0.1) is 0 Å². The van der Waals surface area contributed by atoms with Crippen molar-refractivity contribution in [1.29, 1.82) is 0 Å². The zero-order valence-corrected chi connectivity index (χ0v) is 15.9. The second-order valence-electron chi connectivity index (χ2n) is 6.80. The van der Waals surface area contributed by atoms with E-state index in [-0.39, 0.29) is 25.4 Å². The van der Waals surface area contributed by atoms with Gasteiger partial charge >= 0.3 is 5.97 Å². The Balaban J connectivity index is 2.23. The van der Waals surface area contributed by atoms with Crippen LogP contribution in [-0.4, -0.2) is 46.0 Å². The number of carbonyl (C=O) groups excluding carboxylic acids is 1. The Morgan fingerprint density at radius 3 is 2.59 bits per heavy atom. The lowest BCUT2D eigenvalue weighted by Gasteiger charge is -2.28. The molecule has 1 unspecified atom stereocenters. The summed E-state index contributed by atoms with van der Waals surface area (Å²) in [4.78, 5) is 23.6. The van der Waals surface area contributed by atoms with Crippen LogP contribution < -0.4 is 5.32 Å². The van der Waals surface area contributed by atoms with Crippen LogP contribution in [0.25, 0.3) is 5.69 Å². The van der Waals surface area contributed by atoms with Crippen molar-refractivity contribution in [2.24, 2.45) is 0 Å². The molecule has 1 heterocycles. The highest BCUT2D eigenvalue weighted by Crippen LogP contribution is 2.21. The van der Waals surface area contributed by atoms with Crippen LogP contribution in [0.4, 0.5) is 4.39 Å². The van der Waals surface area contributed by atoms with Gasteiger partial charge in [0.1, 0.15) is 11.5 Å². The van der Waals surface area contributed by atoms with Gasteiger partial charge in [-0.05, 0) is 32.9 Å². The molecule has 2 N–H and O–H groups in total. The smallest absolute Gasteiger partial charge is 0.305 e. The third kappa shape index (κ3) is 4.91. The maximum atomic E-state index is 14.1. The van der Waals surface area contributed by atoms with E-state index in [1.165, 1.54) is 17.9 Å². The number of rotatable bonds is 8. The molecule has 27 heavy (non-hydrogen) atoms. The number of aliphatic carboxylic acids is 1. The summed E-state index contributed by atoms with van der Waals surface area (Å²) in [5.74, 6) is -1.79. The molecule has 1 atom stereocenters. The number of methoxy groups -OCH3 is 1. The molecule has 8 heteroatoms. The molecule has 0 aliphatic heterocycles. The third-order valence-electron chi connectivity index (χ3n) is 4.30. The summed E-state index contributed by atoms with van der Waals surface area (Å²) in [6.07, 6.45) is -0.260. The standard InChI is InChI=1S/C19H24FN3O4/c1-12-14(9-17(24)21-19(3,11-27-4)10-18(25)26)13(2)23(22-12)16-8-6-5-7-15(16)20/h5-8H,9-11H2,1-4H3,(H,21,24)(H,25,26). The molecule has 1 aromatic carbocycles. The van der Waals surface area contributed by atoms with Crippen LogP contribution in [0, 0.1) is 19.7 Å². The molecule has 0 radical (unpaired) electrons. The number of amides is 1. The van der Waals surface area contributed by atoms with Crippen molar-refractivity contribution in [3.8, 4) is 5.69 Å². The lowest BCUT2D eigenvalue weighted by Crippen LogP contribution is -2.51. The number of hydrogen-bond acceptors (Lipinski definition) is 4. The van der Waals surface area contributed by atoms with Gasteiger partial charge in [0.05, 0.1) is 30.7 Å². The molecule has 0 spiro atoms. The summed E-state index contributed by atoms with van der Waals surface area (Å²) >= 11 is 0. The maximum absolute atomic E-state index is 14.1. The summed E-state index contributed by atoms with van der Waals surface area (Å²) in [5.41, 5.74) is 1.21. The molecule has 0 bridgehead atoms. The van der Waals surface area contributed by atoms with Gasteiger partial charge in [-0.3, -0.25) is 9.59 Å². The van der Waals surface area contributed by atoms with Crippen molar-refractivity contribution in [3.05, 3.63) is 47.0 Å². The highest BCUT2D eigenvalue weighted by Gasteiger charge is 2.30. The van der Waals surface area contributed by atoms with Crippen LogP contribution >= 0.6 is 0 Å². The number of ether oxygens (including phenoxy) is 1. The molecule has 1 amide bonds. The Morgan fingerprint density at radius 1 is 1.33 bits per heavy atom. The molecular formula is C19H24FN3O4. The monoisotopic (exact) mass is 377 g/mol. The minimum absolute atomic E-state index is 0.00500. The topological polar surface area (TPSA) is 93.4 Å². The Bertz CT molecular complexity index is 849. The second-order valence-corrected chi connectivity index (χ2v) is 6.80. The zero-order valence-electron chi connectivity index (χ0n) is 15.9. The van der Waals surface area contributed by atoms with Crippen molar-refractivity contribution in [2.75, 3.05) is 13.7 Å². The number of aryl methyl sites for hydroxylation is 1. The number of hydrogen-bond donors (Lipinski definition) is 2. The molecule has 0 saturated heterocycles. The van der Waals surface area contributed by atoms with E-state index < -0.39 is 17.3 Å². The Labute approximate surface area is 157 Å². The number of carbonyl (C=O) groups is 2. The van der Waals surface area contributed by atoms with Gasteiger partial charge in [0.25, 0.3) is 0 Å². The first-order valence-corrected chi connectivity index (χ1v) is 8.48. The van der Waals surface area contributed by atoms with Crippen LogP contribution in [0.15, 0.2) is 24.3 Å². The number of carboxylic acid groups (broad SMARTS) is 1. The number of nitrogens with one attached hydrogen (secondary N) is 1. The number of halogens is 1. The first-order chi connectivity index (χ1) is 12.7. The second kappa shape index (κ2) is 8.30. The summed E-state index contributed by atoms with van der Waals surface area (Å²) < 4.78 is 20.6. The molecule has 1 aromatic heterocycles. The van der Waals surface area contributed by atoms with E-state index in [4.69, 9.17) is 9.84 Å². The van der Waals surface area contributed by atoms with Gasteiger partial charge in [-0.2, -0.15) is 5.10 Å². The van der Waals surface area contributed by atoms with Crippen LogP contribution in [0.3, 0.4) is 0 Å². The quantitative estimate of drug-likeness (QED) is 0.735. The fourth-order valence-electron chi connectivity index (χ4n) is 3.11. The molecule has 0 saturated carbocycles. The molecule has 0 fully saturated rings. The van der Waals surface area contributed by atoms with Crippen LogP contribution in [0.5, 0.6) is 0 Å². The maximum Gasteiger partial charge on any atom is 0.305 e.